The molecule has 2 aromatic rings. The first-order chi connectivity index (χ1) is 10.8. The van der Waals surface area contributed by atoms with Gasteiger partial charge in [-0.3, -0.25) is 0 Å². The Morgan fingerprint density at radius 3 is 2.26 bits per heavy atom. The predicted octanol–water partition coefficient (Wildman–Crippen LogP) is 2.99. The molecule has 1 unspecified atom stereocenters. The van der Waals surface area contributed by atoms with Crippen LogP contribution in [0.1, 0.15) is 18.4 Å². The Morgan fingerprint density at radius 2 is 1.70 bits per heavy atom. The van der Waals surface area contributed by atoms with E-state index in [4.69, 9.17) is 0 Å². The summed E-state index contributed by atoms with van der Waals surface area (Å²) in [6, 6.07) is 14.1. The third-order valence-electron chi connectivity index (χ3n) is 3.72. The number of hydrogen-bond donors (Lipinski definition) is 1. The quantitative estimate of drug-likeness (QED) is 0.881. The normalized spacial score (nSPS) is 13.3. The molecule has 4 nitrogen and oxygen atoms in total. The zero-order valence-electron chi connectivity index (χ0n) is 13.5. The molecular formula is C17H21FN2O2S. The minimum Gasteiger partial charge on any atom is -0.206 e. The summed E-state index contributed by atoms with van der Waals surface area (Å²) in [6.07, 6.45) is 0. The van der Waals surface area contributed by atoms with Gasteiger partial charge >= 0.3 is 0 Å². The monoisotopic (exact) mass is 336 g/mol. The topological polar surface area (TPSA) is 49.4 Å². The third-order valence-corrected chi connectivity index (χ3v) is 5.21. The standard InChI is InChI=1S/C17H21FN2O2S/c1-13(12-19-23(21,22)20(2)3)14-8-10-15(11-9-14)16-6-4-5-7-17(16)18/h4-11,13,19H,12H2,1-3H3. The molecule has 2 aromatic carbocycles. The van der Waals surface area contributed by atoms with Crippen molar-refractivity contribution in [3.05, 3.63) is 59.9 Å². The lowest BCUT2D eigenvalue weighted by Crippen LogP contribution is -2.37. The first kappa shape index (κ1) is 17.6. The second kappa shape index (κ2) is 7.21. The van der Waals surface area contributed by atoms with E-state index >= 15 is 0 Å². The van der Waals surface area contributed by atoms with E-state index in [9.17, 15) is 12.8 Å². The molecule has 0 amide bonds. The molecule has 6 heteroatoms. The summed E-state index contributed by atoms with van der Waals surface area (Å²) in [5, 5.41) is 0. The van der Waals surface area contributed by atoms with Gasteiger partial charge in [-0.25, -0.2) is 9.11 Å². The van der Waals surface area contributed by atoms with Crippen LogP contribution in [0.5, 0.6) is 0 Å². The molecule has 124 valence electrons. The molecule has 2 rings (SSSR count). The van der Waals surface area contributed by atoms with Crippen molar-refractivity contribution < 1.29 is 12.8 Å². The van der Waals surface area contributed by atoms with Crippen LogP contribution >= 0.6 is 0 Å². The van der Waals surface area contributed by atoms with E-state index in [0.717, 1.165) is 15.4 Å². The fourth-order valence-electron chi connectivity index (χ4n) is 2.16. The van der Waals surface area contributed by atoms with Crippen molar-refractivity contribution in [1.29, 1.82) is 0 Å². The van der Waals surface area contributed by atoms with E-state index in [-0.39, 0.29) is 11.7 Å². The second-order valence-electron chi connectivity index (χ2n) is 5.64. The smallest absolute Gasteiger partial charge is 0.206 e. The van der Waals surface area contributed by atoms with Gasteiger partial charge in [0.25, 0.3) is 10.2 Å². The van der Waals surface area contributed by atoms with Gasteiger partial charge in [-0.15, -0.1) is 0 Å². The zero-order valence-corrected chi connectivity index (χ0v) is 14.3. The van der Waals surface area contributed by atoms with Crippen molar-refractivity contribution in [1.82, 2.24) is 9.03 Å². The largest absolute Gasteiger partial charge is 0.278 e. The molecular weight excluding hydrogens is 315 g/mol. The van der Waals surface area contributed by atoms with Crippen LogP contribution in [0.4, 0.5) is 4.39 Å². The molecule has 0 heterocycles. The van der Waals surface area contributed by atoms with Crippen LogP contribution in [0.25, 0.3) is 11.1 Å². The molecule has 0 radical (unpaired) electrons. The average Bonchev–Trinajstić information content (AvgIpc) is 2.53. The Kier molecular flexibility index (Phi) is 5.51. The van der Waals surface area contributed by atoms with E-state index in [2.05, 4.69) is 4.72 Å². The van der Waals surface area contributed by atoms with E-state index in [0.29, 0.717) is 12.1 Å². The van der Waals surface area contributed by atoms with Crippen LogP contribution < -0.4 is 4.72 Å². The molecule has 0 aromatic heterocycles. The predicted molar refractivity (Wildman–Crippen MR) is 90.9 cm³/mol. The van der Waals surface area contributed by atoms with E-state index in [1.54, 1.807) is 18.2 Å². The van der Waals surface area contributed by atoms with Crippen molar-refractivity contribution in [2.24, 2.45) is 0 Å². The van der Waals surface area contributed by atoms with Crippen LogP contribution in [-0.4, -0.2) is 33.4 Å². The SMILES string of the molecule is CC(CNS(=O)(=O)N(C)C)c1ccc(-c2ccccc2F)cc1. The van der Waals surface area contributed by atoms with Gasteiger partial charge in [0, 0.05) is 26.2 Å². The summed E-state index contributed by atoms with van der Waals surface area (Å²) in [5.74, 6) is -0.244. The summed E-state index contributed by atoms with van der Waals surface area (Å²) >= 11 is 0. The van der Waals surface area contributed by atoms with Crippen LogP contribution in [0.15, 0.2) is 48.5 Å². The molecule has 1 atom stereocenters. The maximum atomic E-state index is 13.8. The molecule has 0 saturated carbocycles. The second-order valence-corrected chi connectivity index (χ2v) is 7.61. The van der Waals surface area contributed by atoms with Crippen molar-refractivity contribution in [3.63, 3.8) is 0 Å². The Hall–Kier alpha value is -1.76. The maximum Gasteiger partial charge on any atom is 0.278 e. The lowest BCUT2D eigenvalue weighted by molar-refractivity contribution is 0.501. The Morgan fingerprint density at radius 1 is 1.09 bits per heavy atom. The summed E-state index contributed by atoms with van der Waals surface area (Å²) in [4.78, 5) is 0. The molecule has 0 saturated heterocycles. The average molecular weight is 336 g/mol. The highest BCUT2D eigenvalue weighted by Gasteiger charge is 2.15. The maximum absolute atomic E-state index is 13.8. The van der Waals surface area contributed by atoms with Crippen LogP contribution in [0.3, 0.4) is 0 Å². The van der Waals surface area contributed by atoms with E-state index in [1.165, 1.54) is 20.2 Å². The van der Waals surface area contributed by atoms with Crippen molar-refractivity contribution in [2.75, 3.05) is 20.6 Å². The van der Waals surface area contributed by atoms with Crippen LogP contribution in [0, 0.1) is 5.82 Å². The molecule has 0 bridgehead atoms. The number of halogens is 1. The van der Waals surface area contributed by atoms with E-state index < -0.39 is 10.2 Å². The van der Waals surface area contributed by atoms with Crippen molar-refractivity contribution in [3.8, 4) is 11.1 Å². The van der Waals surface area contributed by atoms with Crippen molar-refractivity contribution in [2.45, 2.75) is 12.8 Å². The highest BCUT2D eigenvalue weighted by Crippen LogP contribution is 2.24. The fraction of sp³-hybridized carbons (Fsp3) is 0.294. The van der Waals surface area contributed by atoms with Gasteiger partial charge in [-0.05, 0) is 23.1 Å². The van der Waals surface area contributed by atoms with Crippen LogP contribution in [0.2, 0.25) is 0 Å². The number of benzene rings is 2. The van der Waals surface area contributed by atoms with Gasteiger partial charge in [-0.1, -0.05) is 49.4 Å². The minimum atomic E-state index is -3.42. The zero-order chi connectivity index (χ0) is 17.0. The number of nitrogens with zero attached hydrogens (tertiary/aromatic N) is 1. The first-order valence-corrected chi connectivity index (χ1v) is 8.77. The summed E-state index contributed by atoms with van der Waals surface area (Å²) in [7, 11) is -0.460. The summed E-state index contributed by atoms with van der Waals surface area (Å²) in [5.41, 5.74) is 2.35. The highest BCUT2D eigenvalue weighted by molar-refractivity contribution is 7.87. The Labute approximate surface area is 137 Å². The van der Waals surface area contributed by atoms with Gasteiger partial charge in [0.2, 0.25) is 0 Å². The lowest BCUT2D eigenvalue weighted by atomic mass is 9.97. The molecule has 0 spiro atoms. The minimum absolute atomic E-state index is 0.0133. The summed E-state index contributed by atoms with van der Waals surface area (Å²) < 4.78 is 40.9. The molecule has 0 aliphatic heterocycles. The molecule has 0 aliphatic rings. The van der Waals surface area contributed by atoms with E-state index in [1.807, 2.05) is 31.2 Å². The Bertz CT molecular complexity index is 758. The van der Waals surface area contributed by atoms with Gasteiger partial charge < -0.3 is 0 Å². The lowest BCUT2D eigenvalue weighted by Gasteiger charge is -2.16. The fourth-order valence-corrected chi connectivity index (χ4v) is 2.88. The third kappa shape index (κ3) is 4.37. The molecule has 0 aliphatic carbocycles. The first-order valence-electron chi connectivity index (χ1n) is 7.33. The molecule has 1 N–H and O–H groups in total. The number of hydrogen-bond acceptors (Lipinski definition) is 2. The number of rotatable bonds is 6. The van der Waals surface area contributed by atoms with Crippen molar-refractivity contribution >= 4 is 10.2 Å². The van der Waals surface area contributed by atoms with Crippen LogP contribution in [-0.2, 0) is 10.2 Å². The summed E-state index contributed by atoms with van der Waals surface area (Å²) in [6.45, 7) is 2.25. The van der Waals surface area contributed by atoms with Gasteiger partial charge in [0.15, 0.2) is 0 Å². The molecule has 0 fully saturated rings. The van der Waals surface area contributed by atoms with Gasteiger partial charge in [-0.2, -0.15) is 12.7 Å². The van der Waals surface area contributed by atoms with Gasteiger partial charge in [0.05, 0.1) is 0 Å². The highest BCUT2D eigenvalue weighted by atomic mass is 32.2. The molecule has 23 heavy (non-hydrogen) atoms. The van der Waals surface area contributed by atoms with Gasteiger partial charge in [0.1, 0.15) is 5.82 Å². The number of nitrogens with one attached hydrogen (secondary N) is 1. The Balaban J connectivity index is 2.09.